The molecule has 0 aliphatic rings. The molecule has 0 aliphatic heterocycles. The summed E-state index contributed by atoms with van der Waals surface area (Å²) >= 11 is 3.35. The number of hydroxylamine groups is 1. The molecular weight excluding hydrogens is 300 g/mol. The Morgan fingerprint density at radius 2 is 2.11 bits per heavy atom. The van der Waals surface area contributed by atoms with Crippen LogP contribution in [0.3, 0.4) is 0 Å². The molecule has 0 unspecified atom stereocenters. The Hall–Kier alpha value is -1.14. The first kappa shape index (κ1) is 14.9. The maximum atomic E-state index is 11.5. The summed E-state index contributed by atoms with van der Waals surface area (Å²) in [5.41, 5.74) is 2.63. The zero-order valence-electron chi connectivity index (χ0n) is 10.9. The normalized spacial score (nSPS) is 11.4. The van der Waals surface area contributed by atoms with Gasteiger partial charge in [-0.05, 0) is 42.3 Å². The Kier molecular flexibility index (Phi) is 4.70. The molecule has 0 aliphatic carbocycles. The number of hydrogen-bond donors (Lipinski definition) is 1. The van der Waals surface area contributed by atoms with Crippen LogP contribution in [-0.2, 0) is 23.2 Å². The van der Waals surface area contributed by atoms with E-state index in [-0.39, 0.29) is 18.1 Å². The molecule has 0 spiro atoms. The highest BCUT2D eigenvalue weighted by Gasteiger charge is 2.23. The van der Waals surface area contributed by atoms with Gasteiger partial charge in [0.15, 0.2) is 0 Å². The standard InChI is InChI=1S/C12H17BrN2O3/c1-12(2,3)11(17)18-14-6-8-5-10(16)15(4)7-9(8)13/h5,7,14H,6H2,1-4H3. The topological polar surface area (TPSA) is 60.3 Å². The molecule has 1 aromatic heterocycles. The number of halogens is 1. The summed E-state index contributed by atoms with van der Waals surface area (Å²) in [6, 6.07) is 1.49. The van der Waals surface area contributed by atoms with Gasteiger partial charge < -0.3 is 9.40 Å². The number of rotatable bonds is 3. The van der Waals surface area contributed by atoms with Crippen molar-refractivity contribution in [3.05, 3.63) is 32.7 Å². The van der Waals surface area contributed by atoms with Crippen LogP contribution in [0.2, 0.25) is 0 Å². The minimum Gasteiger partial charge on any atom is -0.370 e. The van der Waals surface area contributed by atoms with Crippen LogP contribution in [0.1, 0.15) is 26.3 Å². The summed E-state index contributed by atoms with van der Waals surface area (Å²) in [4.78, 5) is 27.9. The fourth-order valence-corrected chi connectivity index (χ4v) is 1.67. The molecule has 0 saturated heterocycles. The monoisotopic (exact) mass is 316 g/mol. The van der Waals surface area contributed by atoms with Gasteiger partial charge in [-0.2, -0.15) is 0 Å². The van der Waals surface area contributed by atoms with E-state index in [2.05, 4.69) is 21.4 Å². The predicted octanol–water partition coefficient (Wildman–Crippen LogP) is 1.74. The van der Waals surface area contributed by atoms with Crippen LogP contribution in [0.25, 0.3) is 0 Å². The molecule has 1 N–H and O–H groups in total. The number of carbonyl (C=O) groups excluding carboxylic acids is 1. The second-order valence-electron chi connectivity index (χ2n) is 5.06. The second-order valence-corrected chi connectivity index (χ2v) is 5.91. The largest absolute Gasteiger partial charge is 0.370 e. The first-order valence-electron chi connectivity index (χ1n) is 5.51. The zero-order valence-corrected chi connectivity index (χ0v) is 12.5. The minimum atomic E-state index is -0.558. The third-order valence-electron chi connectivity index (χ3n) is 2.30. The van der Waals surface area contributed by atoms with Gasteiger partial charge in [0.2, 0.25) is 0 Å². The van der Waals surface area contributed by atoms with E-state index in [1.54, 1.807) is 34.0 Å². The highest BCUT2D eigenvalue weighted by molar-refractivity contribution is 9.10. The van der Waals surface area contributed by atoms with E-state index in [4.69, 9.17) is 4.84 Å². The Morgan fingerprint density at radius 3 is 2.67 bits per heavy atom. The van der Waals surface area contributed by atoms with Crippen LogP contribution in [-0.4, -0.2) is 10.5 Å². The van der Waals surface area contributed by atoms with E-state index in [1.165, 1.54) is 10.6 Å². The number of nitrogens with one attached hydrogen (secondary N) is 1. The molecule has 0 aromatic carbocycles. The van der Waals surface area contributed by atoms with Gasteiger partial charge in [-0.25, -0.2) is 4.79 Å². The SMILES string of the molecule is Cn1cc(Br)c(CNOC(=O)C(C)(C)C)cc1=O. The lowest BCUT2D eigenvalue weighted by atomic mass is 9.98. The zero-order chi connectivity index (χ0) is 13.9. The summed E-state index contributed by atoms with van der Waals surface area (Å²) in [7, 11) is 1.67. The van der Waals surface area contributed by atoms with Crippen molar-refractivity contribution in [1.29, 1.82) is 0 Å². The molecule has 1 heterocycles. The maximum absolute atomic E-state index is 11.5. The van der Waals surface area contributed by atoms with Crippen LogP contribution >= 0.6 is 15.9 Å². The van der Waals surface area contributed by atoms with Gasteiger partial charge in [0, 0.05) is 23.8 Å². The first-order chi connectivity index (χ1) is 8.21. The molecule has 1 rings (SSSR count). The average Bonchev–Trinajstić information content (AvgIpc) is 2.23. The number of aryl methyl sites for hydroxylation is 1. The third-order valence-corrected chi connectivity index (χ3v) is 3.01. The fourth-order valence-electron chi connectivity index (χ4n) is 1.10. The van der Waals surface area contributed by atoms with Crippen LogP contribution in [0.15, 0.2) is 21.5 Å². The second kappa shape index (κ2) is 5.67. The van der Waals surface area contributed by atoms with Crippen molar-refractivity contribution in [3.8, 4) is 0 Å². The summed E-state index contributed by atoms with van der Waals surface area (Å²) in [6.45, 7) is 5.58. The van der Waals surface area contributed by atoms with E-state index >= 15 is 0 Å². The van der Waals surface area contributed by atoms with Crippen molar-refractivity contribution in [2.24, 2.45) is 12.5 Å². The number of carbonyl (C=O) groups is 1. The lowest BCUT2D eigenvalue weighted by molar-refractivity contribution is -0.161. The maximum Gasteiger partial charge on any atom is 0.329 e. The van der Waals surface area contributed by atoms with Gasteiger partial charge in [0.05, 0.1) is 12.0 Å². The smallest absolute Gasteiger partial charge is 0.329 e. The molecule has 0 bridgehead atoms. The Morgan fingerprint density at radius 1 is 1.50 bits per heavy atom. The molecule has 100 valence electrons. The third kappa shape index (κ3) is 3.96. The van der Waals surface area contributed by atoms with Crippen molar-refractivity contribution in [3.63, 3.8) is 0 Å². The number of aromatic nitrogens is 1. The van der Waals surface area contributed by atoms with E-state index in [9.17, 15) is 9.59 Å². The molecule has 6 heteroatoms. The van der Waals surface area contributed by atoms with Crippen molar-refractivity contribution in [2.75, 3.05) is 0 Å². The average molecular weight is 317 g/mol. The van der Waals surface area contributed by atoms with Gasteiger partial charge in [-0.1, -0.05) is 0 Å². The van der Waals surface area contributed by atoms with Crippen LogP contribution in [0.4, 0.5) is 0 Å². The van der Waals surface area contributed by atoms with Gasteiger partial charge in [0.25, 0.3) is 5.56 Å². The van der Waals surface area contributed by atoms with E-state index in [1.807, 2.05) is 0 Å². The van der Waals surface area contributed by atoms with E-state index in [0.717, 1.165) is 10.0 Å². The Labute approximate surface area is 114 Å². The van der Waals surface area contributed by atoms with Crippen molar-refractivity contribution >= 4 is 21.9 Å². The van der Waals surface area contributed by atoms with Gasteiger partial charge in [0.1, 0.15) is 0 Å². The molecule has 0 radical (unpaired) electrons. The summed E-state index contributed by atoms with van der Waals surface area (Å²) in [6.07, 6.45) is 1.67. The summed E-state index contributed by atoms with van der Waals surface area (Å²) < 4.78 is 2.25. The number of hydrogen-bond acceptors (Lipinski definition) is 4. The molecule has 0 saturated carbocycles. The molecule has 0 amide bonds. The Balaban J connectivity index is 2.63. The minimum absolute atomic E-state index is 0.114. The molecule has 18 heavy (non-hydrogen) atoms. The van der Waals surface area contributed by atoms with E-state index < -0.39 is 5.41 Å². The predicted molar refractivity (Wildman–Crippen MR) is 71.8 cm³/mol. The van der Waals surface area contributed by atoms with Crippen molar-refractivity contribution < 1.29 is 9.63 Å². The van der Waals surface area contributed by atoms with Crippen LogP contribution < -0.4 is 11.0 Å². The van der Waals surface area contributed by atoms with Gasteiger partial charge >= 0.3 is 5.97 Å². The number of pyridine rings is 1. The molecule has 5 nitrogen and oxygen atoms in total. The molecular formula is C12H17BrN2O3. The quantitative estimate of drug-likeness (QED) is 0.863. The highest BCUT2D eigenvalue weighted by atomic mass is 79.9. The van der Waals surface area contributed by atoms with Crippen molar-refractivity contribution in [2.45, 2.75) is 27.3 Å². The summed E-state index contributed by atoms with van der Waals surface area (Å²) in [5, 5.41) is 0. The fraction of sp³-hybridized carbons (Fsp3) is 0.500. The lowest BCUT2D eigenvalue weighted by Crippen LogP contribution is -2.29. The highest BCUT2D eigenvalue weighted by Crippen LogP contribution is 2.15. The molecule has 1 aromatic rings. The Bertz CT molecular complexity index is 503. The first-order valence-corrected chi connectivity index (χ1v) is 6.30. The molecule has 0 atom stereocenters. The van der Waals surface area contributed by atoms with Crippen LogP contribution in [0.5, 0.6) is 0 Å². The molecule has 0 fully saturated rings. The van der Waals surface area contributed by atoms with Gasteiger partial charge in [-0.15, -0.1) is 5.48 Å². The number of nitrogens with zero attached hydrogens (tertiary/aromatic N) is 1. The van der Waals surface area contributed by atoms with Gasteiger partial charge in [-0.3, -0.25) is 4.79 Å². The van der Waals surface area contributed by atoms with Crippen LogP contribution in [0, 0.1) is 5.41 Å². The van der Waals surface area contributed by atoms with Crippen molar-refractivity contribution in [1.82, 2.24) is 10.0 Å². The summed E-state index contributed by atoms with van der Waals surface area (Å²) in [5.74, 6) is -0.345. The van der Waals surface area contributed by atoms with E-state index in [0.29, 0.717) is 0 Å². The lowest BCUT2D eigenvalue weighted by Gasteiger charge is -2.16.